The van der Waals surface area contributed by atoms with Crippen LogP contribution in [0.2, 0.25) is 0 Å². The first-order valence-electron chi connectivity index (χ1n) is 7.63. The molecular weight excluding hydrogens is 264 g/mol. The van der Waals surface area contributed by atoms with Crippen molar-refractivity contribution in [3.8, 4) is 0 Å². The Kier molecular flexibility index (Phi) is 7.23. The maximum absolute atomic E-state index is 12.0. The Morgan fingerprint density at radius 1 is 1.24 bits per heavy atom. The largest absolute Gasteiger partial charge is 0.393 e. The molecule has 0 saturated heterocycles. The van der Waals surface area contributed by atoms with Crippen molar-refractivity contribution >= 4 is 6.03 Å². The average Bonchev–Trinajstić information content (AvgIpc) is 2.45. The predicted octanol–water partition coefficient (Wildman–Crippen LogP) is 2.84. The number of benzene rings is 1. The predicted molar refractivity (Wildman–Crippen MR) is 86.3 cm³/mol. The van der Waals surface area contributed by atoms with Crippen molar-refractivity contribution < 1.29 is 9.90 Å². The van der Waals surface area contributed by atoms with Gasteiger partial charge >= 0.3 is 6.03 Å². The molecule has 1 aromatic rings. The molecular formula is C17H28N2O2. The summed E-state index contributed by atoms with van der Waals surface area (Å²) in [5.74, 6) is 0.760. The van der Waals surface area contributed by atoms with Crippen molar-refractivity contribution in [2.45, 2.75) is 39.2 Å². The Labute approximate surface area is 128 Å². The van der Waals surface area contributed by atoms with Crippen LogP contribution in [-0.2, 0) is 0 Å². The number of amides is 2. The molecule has 2 N–H and O–H groups in total. The van der Waals surface area contributed by atoms with E-state index in [2.05, 4.69) is 31.3 Å². The molecule has 0 aliphatic heterocycles. The number of hydrogen-bond acceptors (Lipinski definition) is 2. The highest BCUT2D eigenvalue weighted by molar-refractivity contribution is 5.73. The summed E-state index contributed by atoms with van der Waals surface area (Å²) < 4.78 is 0. The second kappa shape index (κ2) is 8.67. The second-order valence-electron chi connectivity index (χ2n) is 6.01. The Morgan fingerprint density at radius 3 is 2.38 bits per heavy atom. The van der Waals surface area contributed by atoms with Crippen molar-refractivity contribution in [2.75, 3.05) is 20.1 Å². The third kappa shape index (κ3) is 6.17. The molecule has 0 spiro atoms. The molecule has 2 amide bonds. The van der Waals surface area contributed by atoms with Gasteiger partial charge in [-0.05, 0) is 24.8 Å². The number of urea groups is 1. The van der Waals surface area contributed by atoms with Crippen LogP contribution in [0.3, 0.4) is 0 Å². The molecule has 4 nitrogen and oxygen atoms in total. The molecule has 1 aromatic carbocycles. The smallest absolute Gasteiger partial charge is 0.317 e. The molecule has 0 heterocycles. The lowest BCUT2D eigenvalue weighted by molar-refractivity contribution is 0.163. The zero-order valence-electron chi connectivity index (χ0n) is 13.5. The molecule has 0 radical (unpaired) electrons. The minimum atomic E-state index is -0.381. The van der Waals surface area contributed by atoms with Crippen LogP contribution in [0.15, 0.2) is 30.3 Å². The van der Waals surface area contributed by atoms with Crippen molar-refractivity contribution in [2.24, 2.45) is 5.92 Å². The first kappa shape index (κ1) is 17.5. The summed E-state index contributed by atoms with van der Waals surface area (Å²) in [6, 6.07) is 10.2. The van der Waals surface area contributed by atoms with Gasteiger partial charge in [-0.2, -0.15) is 0 Å². The van der Waals surface area contributed by atoms with Crippen LogP contribution in [0.5, 0.6) is 0 Å². The highest BCUT2D eigenvalue weighted by atomic mass is 16.3. The van der Waals surface area contributed by atoms with Gasteiger partial charge in [-0.1, -0.05) is 44.2 Å². The molecule has 118 valence electrons. The number of hydrogen-bond donors (Lipinski definition) is 2. The number of carbonyl (C=O) groups is 1. The van der Waals surface area contributed by atoms with E-state index in [1.165, 1.54) is 5.56 Å². The third-order valence-electron chi connectivity index (χ3n) is 3.73. The lowest BCUT2D eigenvalue weighted by atomic mass is 9.88. The maximum atomic E-state index is 12.0. The Hall–Kier alpha value is -1.55. The number of aliphatic hydroxyl groups is 1. The van der Waals surface area contributed by atoms with Gasteiger partial charge in [-0.15, -0.1) is 0 Å². The van der Waals surface area contributed by atoms with E-state index >= 15 is 0 Å². The van der Waals surface area contributed by atoms with Gasteiger partial charge in [0.15, 0.2) is 0 Å². The Bertz CT molecular complexity index is 418. The molecule has 2 unspecified atom stereocenters. The van der Waals surface area contributed by atoms with Gasteiger partial charge in [0.2, 0.25) is 0 Å². The van der Waals surface area contributed by atoms with Crippen LogP contribution in [-0.4, -0.2) is 42.3 Å². The van der Waals surface area contributed by atoms with Gasteiger partial charge in [0, 0.05) is 26.1 Å². The Balaban J connectivity index is 2.52. The third-order valence-corrected chi connectivity index (χ3v) is 3.73. The van der Waals surface area contributed by atoms with E-state index in [1.54, 1.807) is 18.9 Å². The standard InChI is InChI=1S/C17H28N2O2/c1-13(2)16(15-8-6-5-7-9-15)12-18-17(21)19(4)11-10-14(3)20/h5-9,13-14,16,20H,10-12H2,1-4H3,(H,18,21). The molecule has 1 rings (SSSR count). The fourth-order valence-electron chi connectivity index (χ4n) is 2.25. The highest BCUT2D eigenvalue weighted by Gasteiger charge is 2.17. The fourth-order valence-corrected chi connectivity index (χ4v) is 2.25. The summed E-state index contributed by atoms with van der Waals surface area (Å²) in [5.41, 5.74) is 1.25. The molecule has 2 atom stereocenters. The molecule has 0 fully saturated rings. The molecule has 0 aliphatic carbocycles. The van der Waals surface area contributed by atoms with E-state index < -0.39 is 0 Å². The number of rotatable bonds is 7. The van der Waals surface area contributed by atoms with E-state index in [0.717, 1.165) is 0 Å². The number of nitrogens with one attached hydrogen (secondary N) is 1. The molecule has 0 aliphatic rings. The highest BCUT2D eigenvalue weighted by Crippen LogP contribution is 2.23. The maximum Gasteiger partial charge on any atom is 0.317 e. The number of nitrogens with zero attached hydrogens (tertiary/aromatic N) is 1. The van der Waals surface area contributed by atoms with Crippen LogP contribution < -0.4 is 5.32 Å². The van der Waals surface area contributed by atoms with E-state index in [9.17, 15) is 9.90 Å². The average molecular weight is 292 g/mol. The van der Waals surface area contributed by atoms with Crippen LogP contribution in [0, 0.1) is 5.92 Å². The van der Waals surface area contributed by atoms with Gasteiger partial charge in [0.1, 0.15) is 0 Å². The first-order valence-corrected chi connectivity index (χ1v) is 7.63. The van der Waals surface area contributed by atoms with Gasteiger partial charge < -0.3 is 15.3 Å². The van der Waals surface area contributed by atoms with Gasteiger partial charge in [0.05, 0.1) is 6.10 Å². The van der Waals surface area contributed by atoms with Gasteiger partial charge in [-0.3, -0.25) is 0 Å². The SMILES string of the molecule is CC(O)CCN(C)C(=O)NCC(c1ccccc1)C(C)C. The summed E-state index contributed by atoms with van der Waals surface area (Å²) in [6.07, 6.45) is 0.212. The number of carbonyl (C=O) groups excluding carboxylic acids is 1. The van der Waals surface area contributed by atoms with Crippen LogP contribution in [0.25, 0.3) is 0 Å². The van der Waals surface area contributed by atoms with E-state index in [1.807, 2.05) is 18.2 Å². The van der Waals surface area contributed by atoms with Crippen LogP contribution in [0.4, 0.5) is 4.79 Å². The fraction of sp³-hybridized carbons (Fsp3) is 0.588. The zero-order chi connectivity index (χ0) is 15.8. The second-order valence-corrected chi connectivity index (χ2v) is 6.01. The summed E-state index contributed by atoms with van der Waals surface area (Å²) in [6.45, 7) is 7.25. The first-order chi connectivity index (χ1) is 9.91. The zero-order valence-corrected chi connectivity index (χ0v) is 13.5. The summed E-state index contributed by atoms with van der Waals surface area (Å²) in [4.78, 5) is 13.7. The minimum absolute atomic E-state index is 0.0859. The van der Waals surface area contributed by atoms with E-state index in [0.29, 0.717) is 31.3 Å². The lowest BCUT2D eigenvalue weighted by Gasteiger charge is -2.24. The molecule has 0 saturated carbocycles. The normalized spacial score (nSPS) is 13.8. The van der Waals surface area contributed by atoms with E-state index in [-0.39, 0.29) is 12.1 Å². The lowest BCUT2D eigenvalue weighted by Crippen LogP contribution is -2.40. The minimum Gasteiger partial charge on any atom is -0.393 e. The number of aliphatic hydroxyl groups excluding tert-OH is 1. The van der Waals surface area contributed by atoms with E-state index in [4.69, 9.17) is 0 Å². The van der Waals surface area contributed by atoms with Crippen LogP contribution >= 0.6 is 0 Å². The van der Waals surface area contributed by atoms with Crippen molar-refractivity contribution in [1.29, 1.82) is 0 Å². The summed E-state index contributed by atoms with van der Waals surface area (Å²) in [7, 11) is 1.75. The summed E-state index contributed by atoms with van der Waals surface area (Å²) in [5, 5.41) is 12.3. The molecule has 0 aromatic heterocycles. The topological polar surface area (TPSA) is 52.6 Å². The van der Waals surface area contributed by atoms with Crippen molar-refractivity contribution in [3.63, 3.8) is 0 Å². The summed E-state index contributed by atoms with van der Waals surface area (Å²) >= 11 is 0. The molecule has 21 heavy (non-hydrogen) atoms. The monoisotopic (exact) mass is 292 g/mol. The van der Waals surface area contributed by atoms with Crippen molar-refractivity contribution in [1.82, 2.24) is 10.2 Å². The Morgan fingerprint density at radius 2 is 1.86 bits per heavy atom. The van der Waals surface area contributed by atoms with Gasteiger partial charge in [-0.25, -0.2) is 4.79 Å². The van der Waals surface area contributed by atoms with Crippen molar-refractivity contribution in [3.05, 3.63) is 35.9 Å². The molecule has 4 heteroatoms. The van der Waals surface area contributed by atoms with Crippen LogP contribution in [0.1, 0.15) is 38.7 Å². The quantitative estimate of drug-likeness (QED) is 0.812. The molecule has 0 bridgehead atoms. The van der Waals surface area contributed by atoms with Gasteiger partial charge in [0.25, 0.3) is 0 Å².